The fourth-order valence-electron chi connectivity index (χ4n) is 2.17. The molecule has 0 saturated carbocycles. The van der Waals surface area contributed by atoms with E-state index in [1.165, 1.54) is 0 Å². The first kappa shape index (κ1) is 15.5. The second kappa shape index (κ2) is 7.22. The highest BCUT2D eigenvalue weighted by molar-refractivity contribution is 7.80. The molecule has 5 heteroatoms. The number of aryl methyl sites for hydroxylation is 1. The molecule has 112 valence electrons. The lowest BCUT2D eigenvalue weighted by Gasteiger charge is -2.11. The summed E-state index contributed by atoms with van der Waals surface area (Å²) in [5.41, 5.74) is 6.44. The van der Waals surface area contributed by atoms with E-state index in [2.05, 4.69) is 23.4 Å². The molecule has 0 amide bonds. The second-order valence-electron chi connectivity index (χ2n) is 5.23. The van der Waals surface area contributed by atoms with Crippen molar-refractivity contribution in [3.63, 3.8) is 0 Å². The smallest absolute Gasteiger partial charge is 0.119 e. The topological polar surface area (TPSA) is 53.1 Å². The van der Waals surface area contributed by atoms with E-state index in [1.54, 1.807) is 0 Å². The number of nitrogens with zero attached hydrogens (tertiary/aromatic N) is 2. The monoisotopic (exact) mass is 303 g/mol. The van der Waals surface area contributed by atoms with Crippen LogP contribution in [0.3, 0.4) is 0 Å². The molecule has 0 bridgehead atoms. The van der Waals surface area contributed by atoms with Gasteiger partial charge < -0.3 is 15.0 Å². The number of nitrogens with two attached hydrogens (primary N) is 1. The molecule has 0 spiro atoms. The van der Waals surface area contributed by atoms with Gasteiger partial charge in [0.2, 0.25) is 0 Å². The van der Waals surface area contributed by atoms with Gasteiger partial charge in [0.1, 0.15) is 16.6 Å². The number of aromatic nitrogens is 2. The summed E-state index contributed by atoms with van der Waals surface area (Å²) >= 11 is 4.96. The predicted molar refractivity (Wildman–Crippen MR) is 88.8 cm³/mol. The van der Waals surface area contributed by atoms with Gasteiger partial charge in [0, 0.05) is 30.4 Å². The first-order valence-corrected chi connectivity index (χ1v) is 7.52. The molecule has 21 heavy (non-hydrogen) atoms. The minimum absolute atomic E-state index is 0.389. The summed E-state index contributed by atoms with van der Waals surface area (Å²) in [6.07, 6.45) is 4.79. The quantitative estimate of drug-likeness (QED) is 0.631. The van der Waals surface area contributed by atoms with Gasteiger partial charge in [0.25, 0.3) is 0 Å². The van der Waals surface area contributed by atoms with Gasteiger partial charge in [-0.2, -0.15) is 0 Å². The maximum Gasteiger partial charge on any atom is 0.119 e. The summed E-state index contributed by atoms with van der Waals surface area (Å²) in [4.78, 5) is 4.77. The van der Waals surface area contributed by atoms with Gasteiger partial charge in [0.15, 0.2) is 0 Å². The van der Waals surface area contributed by atoms with Crippen LogP contribution in [0.25, 0.3) is 0 Å². The highest BCUT2D eigenvalue weighted by atomic mass is 32.1. The third-order valence-corrected chi connectivity index (χ3v) is 3.43. The fraction of sp³-hybridized carbons (Fsp3) is 0.375. The van der Waals surface area contributed by atoms with Gasteiger partial charge in [0.05, 0.1) is 6.61 Å². The fourth-order valence-corrected chi connectivity index (χ4v) is 2.30. The van der Waals surface area contributed by atoms with Crippen molar-refractivity contribution in [3.05, 3.63) is 48.0 Å². The Morgan fingerprint density at radius 3 is 2.95 bits per heavy atom. The van der Waals surface area contributed by atoms with Crippen molar-refractivity contribution in [2.45, 2.75) is 32.7 Å². The van der Waals surface area contributed by atoms with Crippen molar-refractivity contribution in [1.82, 2.24) is 9.55 Å². The van der Waals surface area contributed by atoms with Crippen LogP contribution in [0.1, 0.15) is 37.6 Å². The molecule has 0 aliphatic heterocycles. The van der Waals surface area contributed by atoms with Crippen LogP contribution in [0.4, 0.5) is 0 Å². The van der Waals surface area contributed by atoms with Crippen molar-refractivity contribution >= 4 is 17.2 Å². The number of rotatable bonds is 7. The SMILES string of the molecule is CC(C)c1nccn1CCCOc1cccc(C(N)=S)c1. The van der Waals surface area contributed by atoms with Crippen molar-refractivity contribution in [2.75, 3.05) is 6.61 Å². The van der Waals surface area contributed by atoms with Crippen LogP contribution >= 0.6 is 12.2 Å². The lowest BCUT2D eigenvalue weighted by Crippen LogP contribution is -2.10. The van der Waals surface area contributed by atoms with E-state index in [9.17, 15) is 0 Å². The first-order valence-electron chi connectivity index (χ1n) is 7.11. The van der Waals surface area contributed by atoms with Gasteiger partial charge in [-0.3, -0.25) is 0 Å². The molecule has 1 aromatic carbocycles. The number of hydrogen-bond donors (Lipinski definition) is 1. The Hall–Kier alpha value is -1.88. The van der Waals surface area contributed by atoms with E-state index >= 15 is 0 Å². The van der Waals surface area contributed by atoms with Crippen LogP contribution in [-0.2, 0) is 6.54 Å². The Kier molecular flexibility index (Phi) is 5.33. The molecular weight excluding hydrogens is 282 g/mol. The minimum atomic E-state index is 0.389. The molecule has 0 saturated heterocycles. The largest absolute Gasteiger partial charge is 0.494 e. The maximum absolute atomic E-state index is 5.75. The third-order valence-electron chi connectivity index (χ3n) is 3.19. The Morgan fingerprint density at radius 2 is 2.24 bits per heavy atom. The molecule has 4 nitrogen and oxygen atoms in total. The van der Waals surface area contributed by atoms with E-state index < -0.39 is 0 Å². The molecule has 0 aliphatic rings. The van der Waals surface area contributed by atoms with Gasteiger partial charge in [-0.15, -0.1) is 0 Å². The molecule has 2 N–H and O–H groups in total. The molecule has 2 rings (SSSR count). The number of thiocarbonyl (C=S) groups is 1. The molecular formula is C16H21N3OS. The van der Waals surface area contributed by atoms with Crippen molar-refractivity contribution in [2.24, 2.45) is 5.73 Å². The summed E-state index contributed by atoms with van der Waals surface area (Å²) in [6.45, 7) is 5.85. The highest BCUT2D eigenvalue weighted by Crippen LogP contribution is 2.15. The lowest BCUT2D eigenvalue weighted by molar-refractivity contribution is 0.300. The van der Waals surface area contributed by atoms with Gasteiger partial charge in [-0.1, -0.05) is 38.2 Å². The van der Waals surface area contributed by atoms with Crippen molar-refractivity contribution in [3.8, 4) is 5.75 Å². The molecule has 0 atom stereocenters. The predicted octanol–water partition coefficient (Wildman–Crippen LogP) is 3.11. The van der Waals surface area contributed by atoms with Gasteiger partial charge in [-0.25, -0.2) is 4.98 Å². The summed E-state index contributed by atoms with van der Waals surface area (Å²) < 4.78 is 7.93. The summed E-state index contributed by atoms with van der Waals surface area (Å²) in [6, 6.07) is 7.57. The molecule has 0 radical (unpaired) electrons. The second-order valence-corrected chi connectivity index (χ2v) is 5.67. The maximum atomic E-state index is 5.75. The third kappa shape index (κ3) is 4.29. The van der Waals surface area contributed by atoms with Crippen LogP contribution in [0.2, 0.25) is 0 Å². The zero-order valence-corrected chi connectivity index (χ0v) is 13.3. The van der Waals surface area contributed by atoms with Crippen LogP contribution < -0.4 is 10.5 Å². The average Bonchev–Trinajstić information content (AvgIpc) is 2.92. The number of ether oxygens (including phenoxy) is 1. The average molecular weight is 303 g/mol. The van der Waals surface area contributed by atoms with Crippen LogP contribution in [0.5, 0.6) is 5.75 Å². The van der Waals surface area contributed by atoms with Crippen LogP contribution in [0, 0.1) is 0 Å². The van der Waals surface area contributed by atoms with E-state index in [-0.39, 0.29) is 0 Å². The van der Waals surface area contributed by atoms with E-state index in [0.717, 1.165) is 30.1 Å². The minimum Gasteiger partial charge on any atom is -0.494 e. The lowest BCUT2D eigenvalue weighted by atomic mass is 10.2. The van der Waals surface area contributed by atoms with Crippen molar-refractivity contribution < 1.29 is 4.74 Å². The molecule has 1 aromatic heterocycles. The summed E-state index contributed by atoms with van der Waals surface area (Å²) in [5.74, 6) is 2.35. The van der Waals surface area contributed by atoms with E-state index in [0.29, 0.717) is 17.5 Å². The molecule has 2 aromatic rings. The molecule has 0 unspecified atom stereocenters. The van der Waals surface area contributed by atoms with Crippen LogP contribution in [0.15, 0.2) is 36.7 Å². The Balaban J connectivity index is 1.83. The number of imidazole rings is 1. The zero-order chi connectivity index (χ0) is 15.2. The Bertz CT molecular complexity index is 607. The number of benzene rings is 1. The number of hydrogen-bond acceptors (Lipinski definition) is 3. The van der Waals surface area contributed by atoms with Gasteiger partial charge >= 0.3 is 0 Å². The molecule has 0 fully saturated rings. The summed E-state index contributed by atoms with van der Waals surface area (Å²) in [7, 11) is 0. The van der Waals surface area contributed by atoms with Crippen LogP contribution in [-0.4, -0.2) is 21.1 Å². The Morgan fingerprint density at radius 1 is 1.43 bits per heavy atom. The zero-order valence-electron chi connectivity index (χ0n) is 12.5. The van der Waals surface area contributed by atoms with E-state index in [1.807, 2.05) is 36.7 Å². The van der Waals surface area contributed by atoms with Gasteiger partial charge in [-0.05, 0) is 18.6 Å². The normalized spacial score (nSPS) is 10.8. The Labute approximate surface area is 130 Å². The molecule has 0 aliphatic carbocycles. The van der Waals surface area contributed by atoms with E-state index in [4.69, 9.17) is 22.7 Å². The first-order chi connectivity index (χ1) is 10.1. The summed E-state index contributed by atoms with van der Waals surface area (Å²) in [5, 5.41) is 0. The van der Waals surface area contributed by atoms with Crippen molar-refractivity contribution in [1.29, 1.82) is 0 Å². The highest BCUT2D eigenvalue weighted by Gasteiger charge is 2.06. The standard InChI is InChI=1S/C16H21N3OS/c1-12(2)16-18-7-9-19(16)8-4-10-20-14-6-3-5-13(11-14)15(17)21/h3,5-7,9,11-12H,4,8,10H2,1-2H3,(H2,17,21). The molecule has 1 heterocycles.